The molecule has 0 aromatic carbocycles. The Labute approximate surface area is 79.7 Å². The SMILES string of the molecule is CCCCCCC1C(=O)C1(C)C=O. The van der Waals surface area contributed by atoms with Crippen LogP contribution >= 0.6 is 0 Å². The number of hydrogen-bond acceptors (Lipinski definition) is 2. The number of ketones is 1. The van der Waals surface area contributed by atoms with Crippen molar-refractivity contribution in [2.24, 2.45) is 11.3 Å². The first-order valence-electron chi connectivity index (χ1n) is 5.17. The zero-order chi connectivity index (χ0) is 9.90. The van der Waals surface area contributed by atoms with Crippen molar-refractivity contribution in [2.75, 3.05) is 0 Å². The van der Waals surface area contributed by atoms with E-state index >= 15 is 0 Å². The fraction of sp³-hybridized carbons (Fsp3) is 0.818. The van der Waals surface area contributed by atoms with Gasteiger partial charge in [0.25, 0.3) is 0 Å². The molecule has 0 bridgehead atoms. The second-order valence-electron chi connectivity index (χ2n) is 4.17. The van der Waals surface area contributed by atoms with Crippen LogP contribution in [0.2, 0.25) is 0 Å². The first-order chi connectivity index (χ1) is 6.16. The highest BCUT2D eigenvalue weighted by Gasteiger charge is 2.60. The maximum Gasteiger partial charge on any atom is 0.151 e. The van der Waals surface area contributed by atoms with E-state index in [-0.39, 0.29) is 11.7 Å². The predicted molar refractivity (Wildman–Crippen MR) is 51.4 cm³/mol. The number of carbonyl (C=O) groups is 2. The molecule has 0 radical (unpaired) electrons. The van der Waals surface area contributed by atoms with Crippen molar-refractivity contribution in [1.29, 1.82) is 0 Å². The van der Waals surface area contributed by atoms with Gasteiger partial charge in [-0.15, -0.1) is 0 Å². The minimum atomic E-state index is -0.605. The van der Waals surface area contributed by atoms with Crippen LogP contribution in [0.1, 0.15) is 46.0 Å². The molecule has 2 nitrogen and oxygen atoms in total. The largest absolute Gasteiger partial charge is 0.302 e. The van der Waals surface area contributed by atoms with Crippen molar-refractivity contribution < 1.29 is 9.59 Å². The number of Topliss-reactive ketones (excluding diaryl/α,β-unsaturated/α-hetero) is 1. The van der Waals surface area contributed by atoms with Gasteiger partial charge < -0.3 is 4.79 Å². The van der Waals surface area contributed by atoms with Crippen molar-refractivity contribution >= 4 is 12.1 Å². The highest BCUT2D eigenvalue weighted by atomic mass is 16.2. The number of unbranched alkanes of at least 4 members (excludes halogenated alkanes) is 3. The molecule has 2 heteroatoms. The van der Waals surface area contributed by atoms with E-state index in [2.05, 4.69) is 6.92 Å². The molecule has 0 aromatic heterocycles. The van der Waals surface area contributed by atoms with E-state index in [0.717, 1.165) is 19.1 Å². The lowest BCUT2D eigenvalue weighted by molar-refractivity contribution is -0.118. The normalized spacial score (nSPS) is 31.8. The molecule has 0 aromatic rings. The Hall–Kier alpha value is -0.660. The number of aldehydes is 1. The summed E-state index contributed by atoms with van der Waals surface area (Å²) in [5.41, 5.74) is -0.605. The molecule has 1 aliphatic rings. The summed E-state index contributed by atoms with van der Waals surface area (Å²) in [7, 11) is 0. The van der Waals surface area contributed by atoms with Crippen LogP contribution in [0.5, 0.6) is 0 Å². The molecule has 0 aliphatic heterocycles. The van der Waals surface area contributed by atoms with E-state index in [4.69, 9.17) is 0 Å². The summed E-state index contributed by atoms with van der Waals surface area (Å²) in [6.07, 6.45) is 6.46. The summed E-state index contributed by atoms with van der Waals surface area (Å²) in [6.45, 7) is 3.92. The smallest absolute Gasteiger partial charge is 0.151 e. The van der Waals surface area contributed by atoms with Gasteiger partial charge in [0.15, 0.2) is 5.78 Å². The molecule has 0 N–H and O–H groups in total. The van der Waals surface area contributed by atoms with Gasteiger partial charge in [-0.1, -0.05) is 32.6 Å². The quantitative estimate of drug-likeness (QED) is 0.359. The topological polar surface area (TPSA) is 34.1 Å². The zero-order valence-corrected chi connectivity index (χ0v) is 8.51. The summed E-state index contributed by atoms with van der Waals surface area (Å²) >= 11 is 0. The first-order valence-corrected chi connectivity index (χ1v) is 5.17. The summed E-state index contributed by atoms with van der Waals surface area (Å²) < 4.78 is 0. The van der Waals surface area contributed by atoms with Crippen molar-refractivity contribution in [2.45, 2.75) is 46.0 Å². The molecule has 1 fully saturated rings. The van der Waals surface area contributed by atoms with E-state index in [0.29, 0.717) is 0 Å². The van der Waals surface area contributed by atoms with E-state index in [1.807, 2.05) is 0 Å². The third-order valence-electron chi connectivity index (χ3n) is 3.08. The van der Waals surface area contributed by atoms with Crippen LogP contribution in [0, 0.1) is 11.3 Å². The van der Waals surface area contributed by atoms with Gasteiger partial charge in [0.2, 0.25) is 0 Å². The van der Waals surface area contributed by atoms with Crippen molar-refractivity contribution in [1.82, 2.24) is 0 Å². The van der Waals surface area contributed by atoms with Gasteiger partial charge in [-0.3, -0.25) is 4.79 Å². The lowest BCUT2D eigenvalue weighted by Crippen LogP contribution is -2.00. The van der Waals surface area contributed by atoms with Gasteiger partial charge in [-0.25, -0.2) is 0 Å². The molecule has 0 spiro atoms. The second-order valence-corrected chi connectivity index (χ2v) is 4.17. The first kappa shape index (κ1) is 10.4. The fourth-order valence-corrected chi connectivity index (χ4v) is 1.84. The molecule has 0 heterocycles. The van der Waals surface area contributed by atoms with Gasteiger partial charge in [0.1, 0.15) is 6.29 Å². The summed E-state index contributed by atoms with van der Waals surface area (Å²) in [5, 5.41) is 0. The molecule has 0 amide bonds. The third-order valence-corrected chi connectivity index (χ3v) is 3.08. The number of hydrogen-bond donors (Lipinski definition) is 0. The van der Waals surface area contributed by atoms with Crippen molar-refractivity contribution in [3.63, 3.8) is 0 Å². The highest BCUT2D eigenvalue weighted by molar-refractivity contribution is 6.15. The Morgan fingerprint density at radius 2 is 2.08 bits per heavy atom. The van der Waals surface area contributed by atoms with E-state index in [1.165, 1.54) is 19.3 Å². The van der Waals surface area contributed by atoms with Crippen LogP contribution in [-0.4, -0.2) is 12.1 Å². The van der Waals surface area contributed by atoms with Crippen LogP contribution in [0.25, 0.3) is 0 Å². The summed E-state index contributed by atoms with van der Waals surface area (Å²) in [5.74, 6) is 0.195. The lowest BCUT2D eigenvalue weighted by Gasteiger charge is -1.98. The Bertz CT molecular complexity index is 210. The molecule has 1 rings (SSSR count). The number of carbonyl (C=O) groups excluding carboxylic acids is 2. The summed E-state index contributed by atoms with van der Waals surface area (Å²) in [4.78, 5) is 21.8. The molecule has 13 heavy (non-hydrogen) atoms. The molecular formula is C11H18O2. The van der Waals surface area contributed by atoms with Gasteiger partial charge >= 0.3 is 0 Å². The highest BCUT2D eigenvalue weighted by Crippen LogP contribution is 2.48. The maximum absolute atomic E-state index is 11.2. The number of rotatable bonds is 6. The molecule has 2 atom stereocenters. The summed E-state index contributed by atoms with van der Waals surface area (Å²) in [6, 6.07) is 0. The lowest BCUT2D eigenvalue weighted by atomic mass is 10.0. The molecule has 74 valence electrons. The molecule has 1 saturated carbocycles. The monoisotopic (exact) mass is 182 g/mol. The fourth-order valence-electron chi connectivity index (χ4n) is 1.84. The standard InChI is InChI=1S/C11H18O2/c1-3-4-5-6-7-9-10(13)11(9,2)8-12/h8-9H,3-7H2,1-2H3. The minimum Gasteiger partial charge on any atom is -0.302 e. The molecule has 0 saturated heterocycles. The maximum atomic E-state index is 11.2. The minimum absolute atomic E-state index is 0.0434. The van der Waals surface area contributed by atoms with Gasteiger partial charge in [0.05, 0.1) is 5.41 Å². The van der Waals surface area contributed by atoms with E-state index in [1.54, 1.807) is 6.92 Å². The Balaban J connectivity index is 2.18. The van der Waals surface area contributed by atoms with Gasteiger partial charge in [0, 0.05) is 5.92 Å². The van der Waals surface area contributed by atoms with Crippen LogP contribution < -0.4 is 0 Å². The van der Waals surface area contributed by atoms with Crippen molar-refractivity contribution in [3.05, 3.63) is 0 Å². The predicted octanol–water partition coefficient (Wildman–Crippen LogP) is 2.36. The third kappa shape index (κ3) is 1.98. The Morgan fingerprint density at radius 3 is 2.54 bits per heavy atom. The van der Waals surface area contributed by atoms with Crippen LogP contribution in [0.15, 0.2) is 0 Å². The molecule has 2 unspecified atom stereocenters. The van der Waals surface area contributed by atoms with E-state index < -0.39 is 5.41 Å². The Morgan fingerprint density at radius 1 is 1.38 bits per heavy atom. The average Bonchev–Trinajstić information content (AvgIpc) is 2.66. The van der Waals surface area contributed by atoms with Gasteiger partial charge in [-0.2, -0.15) is 0 Å². The average molecular weight is 182 g/mol. The molecule has 1 aliphatic carbocycles. The zero-order valence-electron chi connectivity index (χ0n) is 8.51. The Kier molecular flexibility index (Phi) is 3.23. The van der Waals surface area contributed by atoms with Crippen LogP contribution in [-0.2, 0) is 9.59 Å². The van der Waals surface area contributed by atoms with Crippen molar-refractivity contribution in [3.8, 4) is 0 Å². The van der Waals surface area contributed by atoms with E-state index in [9.17, 15) is 9.59 Å². The molecular weight excluding hydrogens is 164 g/mol. The van der Waals surface area contributed by atoms with Crippen LogP contribution in [0.3, 0.4) is 0 Å². The van der Waals surface area contributed by atoms with Crippen LogP contribution in [0.4, 0.5) is 0 Å². The second kappa shape index (κ2) is 4.03. The van der Waals surface area contributed by atoms with Gasteiger partial charge in [-0.05, 0) is 13.3 Å².